The van der Waals surface area contributed by atoms with Crippen LogP contribution in [0.1, 0.15) is 11.3 Å². The van der Waals surface area contributed by atoms with Crippen molar-refractivity contribution in [3.05, 3.63) is 45.7 Å². The summed E-state index contributed by atoms with van der Waals surface area (Å²) in [5.41, 5.74) is 8.21. The average molecular weight is 188 g/mol. The molecule has 0 aliphatic carbocycles. The van der Waals surface area contributed by atoms with Gasteiger partial charge in [0.15, 0.2) is 5.43 Å². The van der Waals surface area contributed by atoms with Crippen molar-refractivity contribution in [2.24, 2.45) is 5.73 Å². The molecular formula is C11H12N2O. The number of nitrogens with two attached hydrogens (primary N) is 1. The standard InChI is InChI=1S/C11H12N2O/c1-7-2-3-10-9(4-7)11(14)5-8(6-12)13-10/h2-5H,6,12H2,1H3,(H,13,14). The van der Waals surface area contributed by atoms with Gasteiger partial charge in [-0.2, -0.15) is 0 Å². The van der Waals surface area contributed by atoms with Gasteiger partial charge in [-0.25, -0.2) is 0 Å². The van der Waals surface area contributed by atoms with E-state index in [9.17, 15) is 4.79 Å². The molecule has 3 N–H and O–H groups in total. The van der Waals surface area contributed by atoms with Gasteiger partial charge in [-0.3, -0.25) is 4.79 Å². The molecule has 0 fully saturated rings. The Morgan fingerprint density at radius 3 is 2.86 bits per heavy atom. The number of aromatic nitrogens is 1. The maximum atomic E-state index is 11.6. The minimum absolute atomic E-state index is 0.0305. The first-order chi connectivity index (χ1) is 6.70. The Morgan fingerprint density at radius 1 is 1.36 bits per heavy atom. The molecule has 0 bridgehead atoms. The summed E-state index contributed by atoms with van der Waals surface area (Å²) < 4.78 is 0. The van der Waals surface area contributed by atoms with Gasteiger partial charge in [-0.05, 0) is 19.1 Å². The summed E-state index contributed by atoms with van der Waals surface area (Å²) in [6.07, 6.45) is 0. The highest BCUT2D eigenvalue weighted by Crippen LogP contribution is 2.10. The zero-order valence-corrected chi connectivity index (χ0v) is 8.00. The maximum Gasteiger partial charge on any atom is 0.189 e. The van der Waals surface area contributed by atoms with Crippen LogP contribution in [0.3, 0.4) is 0 Å². The minimum atomic E-state index is 0.0305. The lowest BCUT2D eigenvalue weighted by molar-refractivity contribution is 1.00. The fourth-order valence-corrected chi connectivity index (χ4v) is 1.53. The van der Waals surface area contributed by atoms with Crippen molar-refractivity contribution in [1.29, 1.82) is 0 Å². The lowest BCUT2D eigenvalue weighted by atomic mass is 10.1. The van der Waals surface area contributed by atoms with Gasteiger partial charge >= 0.3 is 0 Å². The van der Waals surface area contributed by atoms with Crippen molar-refractivity contribution in [3.63, 3.8) is 0 Å². The van der Waals surface area contributed by atoms with Crippen molar-refractivity contribution in [2.45, 2.75) is 13.5 Å². The fourth-order valence-electron chi connectivity index (χ4n) is 1.53. The summed E-state index contributed by atoms with van der Waals surface area (Å²) in [5.74, 6) is 0. The summed E-state index contributed by atoms with van der Waals surface area (Å²) in [6.45, 7) is 2.33. The van der Waals surface area contributed by atoms with E-state index in [1.54, 1.807) is 6.07 Å². The summed E-state index contributed by atoms with van der Waals surface area (Å²) in [7, 11) is 0. The van der Waals surface area contributed by atoms with Crippen molar-refractivity contribution in [1.82, 2.24) is 4.98 Å². The zero-order chi connectivity index (χ0) is 10.1. The third-order valence-electron chi connectivity index (χ3n) is 2.26. The Kier molecular flexibility index (Phi) is 2.09. The van der Waals surface area contributed by atoms with Gasteiger partial charge in [0.05, 0.1) is 0 Å². The molecule has 3 heteroatoms. The molecule has 0 radical (unpaired) electrons. The number of hydrogen-bond donors (Lipinski definition) is 2. The van der Waals surface area contributed by atoms with Gasteiger partial charge in [0.2, 0.25) is 0 Å². The predicted molar refractivity (Wildman–Crippen MR) is 57.2 cm³/mol. The second kappa shape index (κ2) is 3.27. The number of rotatable bonds is 1. The van der Waals surface area contributed by atoms with Crippen LogP contribution in [0.2, 0.25) is 0 Å². The van der Waals surface area contributed by atoms with Gasteiger partial charge in [0, 0.05) is 29.2 Å². The predicted octanol–water partition coefficient (Wildman–Crippen LogP) is 1.30. The third kappa shape index (κ3) is 1.42. The zero-order valence-electron chi connectivity index (χ0n) is 8.00. The Hall–Kier alpha value is -1.61. The van der Waals surface area contributed by atoms with Gasteiger partial charge in [-0.1, -0.05) is 11.6 Å². The highest BCUT2D eigenvalue weighted by molar-refractivity contribution is 5.79. The number of hydrogen-bond acceptors (Lipinski definition) is 2. The smallest absolute Gasteiger partial charge is 0.189 e. The maximum absolute atomic E-state index is 11.6. The van der Waals surface area contributed by atoms with E-state index in [1.165, 1.54) is 0 Å². The van der Waals surface area contributed by atoms with Crippen molar-refractivity contribution in [2.75, 3.05) is 0 Å². The number of nitrogens with one attached hydrogen (secondary N) is 1. The Balaban J connectivity index is 2.83. The molecule has 0 spiro atoms. The largest absolute Gasteiger partial charge is 0.357 e. The number of benzene rings is 1. The van der Waals surface area contributed by atoms with Crippen LogP contribution in [0.15, 0.2) is 29.1 Å². The van der Waals surface area contributed by atoms with Gasteiger partial charge in [-0.15, -0.1) is 0 Å². The van der Waals surface area contributed by atoms with E-state index in [0.717, 1.165) is 22.2 Å². The first-order valence-electron chi connectivity index (χ1n) is 4.53. The molecule has 72 valence electrons. The fraction of sp³-hybridized carbons (Fsp3) is 0.182. The van der Waals surface area contributed by atoms with Gasteiger partial charge in [0.25, 0.3) is 0 Å². The monoisotopic (exact) mass is 188 g/mol. The van der Waals surface area contributed by atoms with Crippen molar-refractivity contribution < 1.29 is 0 Å². The van der Waals surface area contributed by atoms with Gasteiger partial charge in [0.1, 0.15) is 0 Å². The molecule has 2 rings (SSSR count). The van der Waals surface area contributed by atoms with Crippen LogP contribution >= 0.6 is 0 Å². The molecule has 0 aliphatic heterocycles. The van der Waals surface area contributed by atoms with Crippen molar-refractivity contribution >= 4 is 10.9 Å². The first kappa shape index (κ1) is 8.97. The second-order valence-corrected chi connectivity index (χ2v) is 3.41. The van der Waals surface area contributed by atoms with Crippen molar-refractivity contribution in [3.8, 4) is 0 Å². The molecule has 0 amide bonds. The van der Waals surface area contributed by atoms with E-state index >= 15 is 0 Å². The van der Waals surface area contributed by atoms with Crippen LogP contribution in [0.4, 0.5) is 0 Å². The van der Waals surface area contributed by atoms with E-state index in [-0.39, 0.29) is 5.43 Å². The number of aryl methyl sites for hydroxylation is 1. The second-order valence-electron chi connectivity index (χ2n) is 3.41. The van der Waals surface area contributed by atoms with Crippen LogP contribution in [0.25, 0.3) is 10.9 Å². The normalized spacial score (nSPS) is 10.7. The van der Waals surface area contributed by atoms with Gasteiger partial charge < -0.3 is 10.7 Å². The topological polar surface area (TPSA) is 58.9 Å². The average Bonchev–Trinajstić information content (AvgIpc) is 2.19. The third-order valence-corrected chi connectivity index (χ3v) is 2.26. The van der Waals surface area contributed by atoms with E-state index in [1.807, 2.05) is 25.1 Å². The Labute approximate surface area is 81.6 Å². The Bertz CT molecular complexity index is 528. The van der Waals surface area contributed by atoms with Crippen LogP contribution in [0.5, 0.6) is 0 Å². The first-order valence-corrected chi connectivity index (χ1v) is 4.53. The molecule has 1 aromatic carbocycles. The van der Waals surface area contributed by atoms with Crippen LogP contribution in [0, 0.1) is 6.92 Å². The molecule has 0 aliphatic rings. The lowest BCUT2D eigenvalue weighted by Crippen LogP contribution is -2.08. The number of pyridine rings is 1. The van der Waals surface area contributed by atoms with E-state index in [0.29, 0.717) is 6.54 Å². The molecule has 1 heterocycles. The quantitative estimate of drug-likeness (QED) is 0.708. The molecule has 3 nitrogen and oxygen atoms in total. The lowest BCUT2D eigenvalue weighted by Gasteiger charge is -2.02. The molecule has 14 heavy (non-hydrogen) atoms. The molecule has 2 aromatic rings. The van der Waals surface area contributed by atoms with Crippen LogP contribution in [-0.4, -0.2) is 4.98 Å². The minimum Gasteiger partial charge on any atom is -0.357 e. The molecule has 0 atom stereocenters. The van der Waals surface area contributed by atoms with Crippen LogP contribution in [-0.2, 0) is 6.54 Å². The molecule has 0 saturated carbocycles. The molecule has 1 aromatic heterocycles. The SMILES string of the molecule is Cc1ccc2[nH]c(CN)cc(=O)c2c1. The van der Waals surface area contributed by atoms with E-state index in [4.69, 9.17) is 5.73 Å². The summed E-state index contributed by atoms with van der Waals surface area (Å²) in [5, 5.41) is 0.724. The van der Waals surface area contributed by atoms with Crippen LogP contribution < -0.4 is 11.2 Å². The number of fused-ring (bicyclic) bond motifs is 1. The van der Waals surface area contributed by atoms with E-state index in [2.05, 4.69) is 4.98 Å². The molecule has 0 unspecified atom stereocenters. The number of aromatic amines is 1. The summed E-state index contributed by atoms with van der Waals surface area (Å²) >= 11 is 0. The van der Waals surface area contributed by atoms with E-state index < -0.39 is 0 Å². The highest BCUT2D eigenvalue weighted by atomic mass is 16.1. The summed E-state index contributed by atoms with van der Waals surface area (Å²) in [4.78, 5) is 14.8. The summed E-state index contributed by atoms with van der Waals surface area (Å²) in [6, 6.07) is 7.32. The molecule has 0 saturated heterocycles. The number of H-pyrrole nitrogens is 1. The molecular weight excluding hydrogens is 176 g/mol. The Morgan fingerprint density at radius 2 is 2.14 bits per heavy atom. The highest BCUT2D eigenvalue weighted by Gasteiger charge is 2.00.